The third-order valence-electron chi connectivity index (χ3n) is 11.3. The molecule has 15 nitrogen and oxygen atoms in total. The number of nitrogens with zero attached hydrogens (tertiary/aromatic N) is 7. The number of piperidine rings is 2. The van der Waals surface area contributed by atoms with Gasteiger partial charge in [-0.1, -0.05) is 29.4 Å². The topological polar surface area (TPSA) is 193 Å². The number of hydrogen-bond acceptors (Lipinski definition) is 14. The summed E-state index contributed by atoms with van der Waals surface area (Å²) in [6.45, 7) is 7.75. The van der Waals surface area contributed by atoms with Crippen molar-refractivity contribution >= 4 is 64.4 Å². The normalized spacial score (nSPS) is 24.7. The molecule has 5 aliphatic rings. The van der Waals surface area contributed by atoms with Gasteiger partial charge in [0.05, 0.1) is 35.1 Å². The van der Waals surface area contributed by atoms with E-state index in [-0.39, 0.29) is 41.5 Å². The SMILES string of the molecule is C[C@@H]1OCC2(CCN(c3cnc(Sc4ccnc(N5CCN(Cc6ccc7c(c6)C(=O)N(C6CCC(=O)NC6=O)C7=O)CC5)c4Cl)c(N)n3)CC2)[C@@H]1N. The van der Waals surface area contributed by atoms with Gasteiger partial charge in [0.25, 0.3) is 11.8 Å². The van der Waals surface area contributed by atoms with Crippen LogP contribution in [0.2, 0.25) is 5.02 Å². The molecule has 278 valence electrons. The molecule has 8 rings (SSSR count). The molecule has 0 bridgehead atoms. The van der Waals surface area contributed by atoms with E-state index in [9.17, 15) is 19.2 Å². The number of nitrogens with two attached hydrogens (primary N) is 2. The molecule has 5 N–H and O–H groups in total. The Morgan fingerprint density at radius 2 is 1.75 bits per heavy atom. The summed E-state index contributed by atoms with van der Waals surface area (Å²) in [5.74, 6) is -0.283. The lowest BCUT2D eigenvalue weighted by Gasteiger charge is -2.41. The van der Waals surface area contributed by atoms with Crippen LogP contribution in [0.3, 0.4) is 0 Å². The van der Waals surface area contributed by atoms with Crippen molar-refractivity contribution in [1.29, 1.82) is 0 Å². The zero-order chi connectivity index (χ0) is 37.0. The molecule has 3 atom stereocenters. The van der Waals surface area contributed by atoms with Crippen molar-refractivity contribution < 1.29 is 23.9 Å². The van der Waals surface area contributed by atoms with Crippen molar-refractivity contribution in [2.75, 3.05) is 61.4 Å². The van der Waals surface area contributed by atoms with E-state index < -0.39 is 29.7 Å². The number of nitrogen functional groups attached to an aromatic ring is 1. The van der Waals surface area contributed by atoms with E-state index in [0.29, 0.717) is 47.9 Å². The number of amides is 4. The molecular formula is C36H41ClN10O5S. The van der Waals surface area contributed by atoms with Crippen LogP contribution < -0.4 is 26.6 Å². The van der Waals surface area contributed by atoms with Crippen molar-refractivity contribution in [3.63, 3.8) is 0 Å². The van der Waals surface area contributed by atoms with Crippen LogP contribution in [-0.2, 0) is 20.9 Å². The van der Waals surface area contributed by atoms with E-state index in [2.05, 4.69) is 30.0 Å². The van der Waals surface area contributed by atoms with Crippen LogP contribution >= 0.6 is 23.4 Å². The fraction of sp³-hybridized carbons (Fsp3) is 0.472. The molecule has 17 heteroatoms. The molecule has 0 radical (unpaired) electrons. The van der Waals surface area contributed by atoms with Gasteiger partial charge in [0.1, 0.15) is 22.7 Å². The number of anilines is 3. The molecule has 2 aromatic heterocycles. The van der Waals surface area contributed by atoms with Gasteiger partial charge in [-0.3, -0.25) is 34.3 Å². The second kappa shape index (κ2) is 14.1. The number of imide groups is 2. The Labute approximate surface area is 315 Å². The highest BCUT2D eigenvalue weighted by Crippen LogP contribution is 2.43. The van der Waals surface area contributed by atoms with Crippen LogP contribution in [0.5, 0.6) is 0 Å². The van der Waals surface area contributed by atoms with E-state index in [1.54, 1.807) is 24.5 Å². The molecular weight excluding hydrogens is 720 g/mol. The summed E-state index contributed by atoms with van der Waals surface area (Å²) >= 11 is 8.31. The summed E-state index contributed by atoms with van der Waals surface area (Å²) in [5, 5.41) is 3.32. The maximum atomic E-state index is 13.3. The molecule has 0 aliphatic carbocycles. The summed E-state index contributed by atoms with van der Waals surface area (Å²) in [6, 6.07) is 6.12. The van der Waals surface area contributed by atoms with E-state index in [0.717, 1.165) is 60.2 Å². The molecule has 1 spiro atoms. The highest BCUT2D eigenvalue weighted by Gasteiger charge is 2.48. The number of benzene rings is 1. The lowest BCUT2D eigenvalue weighted by Crippen LogP contribution is -2.54. The fourth-order valence-electron chi connectivity index (χ4n) is 8.08. The zero-order valence-corrected chi connectivity index (χ0v) is 30.9. The number of aromatic nitrogens is 3. The van der Waals surface area contributed by atoms with Gasteiger partial charge in [-0.25, -0.2) is 15.0 Å². The standard InChI is InChI=1S/C36H41ClN10O5S/c1-20-29(38)36(19-52-20)7-10-45(11-8-36)26-17-41-33(30(39)42-26)53-25-6-9-40-31(28(25)37)46-14-12-44(13-15-46)18-21-2-3-22-23(16-21)35(51)47(34(22)50)24-4-5-27(48)43-32(24)49/h2-3,6,9,16-17,20,24,29H,4-5,7-8,10-15,18-19,38H2,1H3,(H2,39,42)(H,43,48,49)/t20-,24?,29+/m0/s1. The number of piperazine rings is 1. The zero-order valence-electron chi connectivity index (χ0n) is 29.3. The van der Waals surface area contributed by atoms with Crippen molar-refractivity contribution in [2.45, 2.75) is 67.3 Å². The summed E-state index contributed by atoms with van der Waals surface area (Å²) in [6.07, 6.45) is 5.64. The molecule has 3 aromatic rings. The number of pyridine rings is 1. The first kappa shape index (κ1) is 35.7. The number of carbonyl (C=O) groups is 4. The second-order valence-electron chi connectivity index (χ2n) is 14.4. The highest BCUT2D eigenvalue weighted by atomic mass is 35.5. The Hall–Kier alpha value is -4.35. The number of rotatable bonds is 7. The molecule has 5 aliphatic heterocycles. The molecule has 1 unspecified atom stereocenters. The maximum Gasteiger partial charge on any atom is 0.262 e. The minimum atomic E-state index is -0.991. The summed E-state index contributed by atoms with van der Waals surface area (Å²) in [5.41, 5.74) is 14.4. The fourth-order valence-corrected chi connectivity index (χ4v) is 9.20. The number of hydrogen-bond donors (Lipinski definition) is 3. The van der Waals surface area contributed by atoms with Crippen LogP contribution in [0, 0.1) is 5.41 Å². The molecule has 4 fully saturated rings. The van der Waals surface area contributed by atoms with Crippen molar-refractivity contribution in [3.05, 3.63) is 58.4 Å². The predicted octanol–water partition coefficient (Wildman–Crippen LogP) is 2.31. The van der Waals surface area contributed by atoms with Gasteiger partial charge in [0.15, 0.2) is 5.82 Å². The van der Waals surface area contributed by atoms with E-state index in [1.807, 2.05) is 19.1 Å². The summed E-state index contributed by atoms with van der Waals surface area (Å²) < 4.78 is 5.86. The molecule has 4 saturated heterocycles. The predicted molar refractivity (Wildman–Crippen MR) is 198 cm³/mol. The van der Waals surface area contributed by atoms with Gasteiger partial charge in [-0.2, -0.15) is 0 Å². The quantitative estimate of drug-likeness (QED) is 0.297. The van der Waals surface area contributed by atoms with Gasteiger partial charge in [0, 0.05) is 74.8 Å². The van der Waals surface area contributed by atoms with Crippen molar-refractivity contribution in [2.24, 2.45) is 11.1 Å². The van der Waals surface area contributed by atoms with Crippen LogP contribution in [-0.4, -0.2) is 112 Å². The number of ether oxygens (including phenoxy) is 1. The largest absolute Gasteiger partial charge is 0.381 e. The van der Waals surface area contributed by atoms with Crippen LogP contribution in [0.1, 0.15) is 58.9 Å². The second-order valence-corrected chi connectivity index (χ2v) is 15.9. The smallest absolute Gasteiger partial charge is 0.262 e. The Bertz CT molecular complexity index is 1990. The Morgan fingerprint density at radius 1 is 1.00 bits per heavy atom. The number of carbonyl (C=O) groups excluding carboxylic acids is 4. The number of fused-ring (bicyclic) bond motifs is 1. The van der Waals surface area contributed by atoms with E-state index in [4.69, 9.17) is 32.8 Å². The Balaban J connectivity index is 0.872. The third-order valence-corrected chi connectivity index (χ3v) is 12.9. The van der Waals surface area contributed by atoms with Gasteiger partial charge < -0.3 is 26.0 Å². The first-order chi connectivity index (χ1) is 25.5. The molecule has 7 heterocycles. The summed E-state index contributed by atoms with van der Waals surface area (Å²) in [7, 11) is 0. The molecule has 4 amide bonds. The van der Waals surface area contributed by atoms with Crippen LogP contribution in [0.25, 0.3) is 0 Å². The van der Waals surface area contributed by atoms with Gasteiger partial charge in [0.2, 0.25) is 11.8 Å². The van der Waals surface area contributed by atoms with E-state index in [1.165, 1.54) is 11.8 Å². The van der Waals surface area contributed by atoms with Crippen molar-refractivity contribution in [1.82, 2.24) is 30.1 Å². The minimum absolute atomic E-state index is 0.0186. The minimum Gasteiger partial charge on any atom is -0.381 e. The Morgan fingerprint density at radius 3 is 2.45 bits per heavy atom. The lowest BCUT2D eigenvalue weighted by molar-refractivity contribution is -0.136. The van der Waals surface area contributed by atoms with E-state index >= 15 is 0 Å². The number of nitrogens with one attached hydrogen (secondary N) is 1. The lowest BCUT2D eigenvalue weighted by atomic mass is 9.73. The van der Waals surface area contributed by atoms with Gasteiger partial charge in [-0.15, -0.1) is 0 Å². The summed E-state index contributed by atoms with van der Waals surface area (Å²) in [4.78, 5) is 72.8. The highest BCUT2D eigenvalue weighted by molar-refractivity contribution is 7.99. The van der Waals surface area contributed by atoms with Crippen molar-refractivity contribution in [3.8, 4) is 0 Å². The van der Waals surface area contributed by atoms with Gasteiger partial charge in [-0.05, 0) is 49.9 Å². The van der Waals surface area contributed by atoms with Crippen LogP contribution in [0.4, 0.5) is 17.5 Å². The van der Waals surface area contributed by atoms with Gasteiger partial charge >= 0.3 is 0 Å². The Kier molecular flexibility index (Phi) is 9.51. The number of halogens is 1. The first-order valence-electron chi connectivity index (χ1n) is 17.9. The molecule has 53 heavy (non-hydrogen) atoms. The first-order valence-corrected chi connectivity index (χ1v) is 19.1. The monoisotopic (exact) mass is 760 g/mol. The molecule has 0 saturated carbocycles. The average molecular weight is 761 g/mol. The molecule has 1 aromatic carbocycles. The maximum absolute atomic E-state index is 13.3. The third kappa shape index (κ3) is 6.60. The average Bonchev–Trinajstić information content (AvgIpc) is 3.56. The van der Waals surface area contributed by atoms with Crippen LogP contribution in [0.15, 0.2) is 46.6 Å².